The number of halogens is 1. The predicted octanol–water partition coefficient (Wildman–Crippen LogP) is 2.99. The van der Waals surface area contributed by atoms with Gasteiger partial charge in [-0.15, -0.1) is 11.3 Å². The number of hydrogen-bond acceptors (Lipinski definition) is 4. The molecule has 0 saturated carbocycles. The Kier molecular flexibility index (Phi) is 5.66. The van der Waals surface area contributed by atoms with Gasteiger partial charge in [-0.3, -0.25) is 9.59 Å². The topological polar surface area (TPSA) is 76.0 Å². The standard InChI is InChI=1S/C19H19FN4O2S/c1-3-21-18(25)12(2)22-19(26)15-11-16(17-5-4-10-27-17)24(23-15)14-8-6-13(20)7-9-14/h4-12H,3H2,1-2H3,(H,21,25)(H,22,26)/t12-/m1/s1. The molecule has 3 aromatic rings. The van der Waals surface area contributed by atoms with Gasteiger partial charge in [0, 0.05) is 6.54 Å². The van der Waals surface area contributed by atoms with E-state index in [1.165, 1.54) is 23.5 Å². The van der Waals surface area contributed by atoms with Crippen molar-refractivity contribution in [2.75, 3.05) is 6.54 Å². The van der Waals surface area contributed by atoms with Crippen LogP contribution in [0.25, 0.3) is 16.3 Å². The fourth-order valence-corrected chi connectivity index (χ4v) is 3.26. The summed E-state index contributed by atoms with van der Waals surface area (Å²) < 4.78 is 14.9. The number of carbonyl (C=O) groups is 2. The molecule has 0 radical (unpaired) electrons. The van der Waals surface area contributed by atoms with Crippen LogP contribution in [0.5, 0.6) is 0 Å². The van der Waals surface area contributed by atoms with Crippen LogP contribution in [0.15, 0.2) is 47.8 Å². The molecule has 0 aliphatic heterocycles. The number of amides is 2. The number of hydrogen-bond donors (Lipinski definition) is 2. The monoisotopic (exact) mass is 386 g/mol. The van der Waals surface area contributed by atoms with Gasteiger partial charge in [-0.2, -0.15) is 5.10 Å². The first-order valence-corrected chi connectivity index (χ1v) is 9.36. The first-order valence-electron chi connectivity index (χ1n) is 8.48. The number of nitrogens with zero attached hydrogens (tertiary/aromatic N) is 2. The molecule has 0 bridgehead atoms. The van der Waals surface area contributed by atoms with Crippen molar-refractivity contribution in [3.05, 3.63) is 59.4 Å². The van der Waals surface area contributed by atoms with Gasteiger partial charge in [-0.05, 0) is 55.6 Å². The molecule has 3 rings (SSSR count). The zero-order chi connectivity index (χ0) is 19.4. The van der Waals surface area contributed by atoms with Gasteiger partial charge >= 0.3 is 0 Å². The molecule has 2 heterocycles. The zero-order valence-corrected chi connectivity index (χ0v) is 15.7. The largest absolute Gasteiger partial charge is 0.355 e. The van der Waals surface area contributed by atoms with Crippen LogP contribution in [0, 0.1) is 5.82 Å². The third kappa shape index (κ3) is 4.22. The lowest BCUT2D eigenvalue weighted by Gasteiger charge is -2.12. The Morgan fingerprint density at radius 1 is 1.26 bits per heavy atom. The summed E-state index contributed by atoms with van der Waals surface area (Å²) in [5.41, 5.74) is 1.53. The van der Waals surface area contributed by atoms with Gasteiger partial charge in [-0.25, -0.2) is 9.07 Å². The molecule has 0 aliphatic rings. The SMILES string of the molecule is CCNC(=O)[C@@H](C)NC(=O)c1cc(-c2cccs2)n(-c2ccc(F)cc2)n1. The summed E-state index contributed by atoms with van der Waals surface area (Å²) in [7, 11) is 0. The molecule has 1 atom stereocenters. The van der Waals surface area contributed by atoms with Crippen molar-refractivity contribution in [1.29, 1.82) is 0 Å². The molecular weight excluding hydrogens is 367 g/mol. The molecule has 8 heteroatoms. The van der Waals surface area contributed by atoms with Crippen LogP contribution in [0.1, 0.15) is 24.3 Å². The van der Waals surface area contributed by atoms with E-state index in [0.29, 0.717) is 17.9 Å². The number of likely N-dealkylation sites (N-methyl/N-ethyl adjacent to an activating group) is 1. The molecular formula is C19H19FN4O2S. The molecule has 0 fully saturated rings. The van der Waals surface area contributed by atoms with Gasteiger partial charge in [0.15, 0.2) is 5.69 Å². The van der Waals surface area contributed by atoms with E-state index in [1.807, 2.05) is 24.4 Å². The first-order chi connectivity index (χ1) is 13.0. The Morgan fingerprint density at radius 3 is 2.63 bits per heavy atom. The Balaban J connectivity index is 1.93. The number of benzene rings is 1. The Bertz CT molecular complexity index is 935. The van der Waals surface area contributed by atoms with Crippen LogP contribution in [0.4, 0.5) is 4.39 Å². The van der Waals surface area contributed by atoms with Crippen LogP contribution < -0.4 is 10.6 Å². The lowest BCUT2D eigenvalue weighted by molar-refractivity contribution is -0.122. The van der Waals surface area contributed by atoms with Gasteiger partial charge in [0.25, 0.3) is 5.91 Å². The Morgan fingerprint density at radius 2 is 2.00 bits per heavy atom. The molecule has 6 nitrogen and oxygen atoms in total. The van der Waals surface area contributed by atoms with Crippen LogP contribution in [0.3, 0.4) is 0 Å². The Labute approximate surface area is 160 Å². The molecule has 0 saturated heterocycles. The van der Waals surface area contributed by atoms with E-state index in [-0.39, 0.29) is 17.4 Å². The number of carbonyl (C=O) groups excluding carboxylic acids is 2. The third-order valence-corrected chi connectivity index (χ3v) is 4.77. The second-order valence-corrected chi connectivity index (χ2v) is 6.82. The van der Waals surface area contributed by atoms with Crippen molar-refractivity contribution in [3.8, 4) is 16.3 Å². The predicted molar refractivity (Wildman–Crippen MR) is 102 cm³/mol. The molecule has 0 spiro atoms. The van der Waals surface area contributed by atoms with Gasteiger partial charge in [0.2, 0.25) is 5.91 Å². The number of rotatable bonds is 6. The molecule has 0 unspecified atom stereocenters. The van der Waals surface area contributed by atoms with E-state index in [0.717, 1.165) is 4.88 Å². The van der Waals surface area contributed by atoms with E-state index in [1.54, 1.807) is 29.8 Å². The van der Waals surface area contributed by atoms with E-state index < -0.39 is 11.9 Å². The molecule has 2 aromatic heterocycles. The second-order valence-electron chi connectivity index (χ2n) is 5.87. The normalized spacial score (nSPS) is 11.8. The molecule has 0 aliphatic carbocycles. The summed E-state index contributed by atoms with van der Waals surface area (Å²) in [6, 6.07) is 10.7. The highest BCUT2D eigenvalue weighted by Gasteiger charge is 2.21. The van der Waals surface area contributed by atoms with Crippen LogP contribution >= 0.6 is 11.3 Å². The van der Waals surface area contributed by atoms with Crippen molar-refractivity contribution in [2.45, 2.75) is 19.9 Å². The lowest BCUT2D eigenvalue weighted by atomic mass is 10.2. The minimum atomic E-state index is -0.682. The third-order valence-electron chi connectivity index (χ3n) is 3.88. The molecule has 27 heavy (non-hydrogen) atoms. The smallest absolute Gasteiger partial charge is 0.272 e. The average Bonchev–Trinajstić information content (AvgIpc) is 3.32. The number of nitrogens with one attached hydrogen (secondary N) is 2. The first kappa shape index (κ1) is 18.8. The minimum Gasteiger partial charge on any atom is -0.355 e. The quantitative estimate of drug-likeness (QED) is 0.684. The maximum Gasteiger partial charge on any atom is 0.272 e. The van der Waals surface area contributed by atoms with Crippen molar-refractivity contribution in [2.24, 2.45) is 0 Å². The van der Waals surface area contributed by atoms with Crippen LogP contribution in [-0.4, -0.2) is 34.2 Å². The summed E-state index contributed by atoms with van der Waals surface area (Å²) in [4.78, 5) is 25.3. The van der Waals surface area contributed by atoms with E-state index in [2.05, 4.69) is 15.7 Å². The summed E-state index contributed by atoms with van der Waals surface area (Å²) in [5.74, 6) is -1.06. The highest BCUT2D eigenvalue weighted by Crippen LogP contribution is 2.28. The maximum atomic E-state index is 13.3. The molecule has 2 N–H and O–H groups in total. The average molecular weight is 386 g/mol. The van der Waals surface area contributed by atoms with Crippen LogP contribution in [0.2, 0.25) is 0 Å². The van der Waals surface area contributed by atoms with Crippen molar-refractivity contribution in [3.63, 3.8) is 0 Å². The zero-order valence-electron chi connectivity index (χ0n) is 14.9. The molecule has 140 valence electrons. The van der Waals surface area contributed by atoms with Crippen molar-refractivity contribution >= 4 is 23.2 Å². The number of aromatic nitrogens is 2. The highest BCUT2D eigenvalue weighted by atomic mass is 32.1. The summed E-state index contributed by atoms with van der Waals surface area (Å²) >= 11 is 1.51. The van der Waals surface area contributed by atoms with Gasteiger partial charge in [-0.1, -0.05) is 6.07 Å². The highest BCUT2D eigenvalue weighted by molar-refractivity contribution is 7.13. The second kappa shape index (κ2) is 8.13. The minimum absolute atomic E-state index is 0.180. The fourth-order valence-electron chi connectivity index (χ4n) is 2.53. The van der Waals surface area contributed by atoms with E-state index in [4.69, 9.17) is 0 Å². The lowest BCUT2D eigenvalue weighted by Crippen LogP contribution is -2.44. The van der Waals surface area contributed by atoms with Gasteiger partial charge in [0.05, 0.1) is 16.3 Å². The Hall–Kier alpha value is -3.00. The van der Waals surface area contributed by atoms with E-state index >= 15 is 0 Å². The van der Waals surface area contributed by atoms with Gasteiger partial charge in [0.1, 0.15) is 11.9 Å². The number of thiophene rings is 1. The maximum absolute atomic E-state index is 13.3. The summed E-state index contributed by atoms with van der Waals surface area (Å²) in [6.45, 7) is 3.91. The molecule has 2 amide bonds. The van der Waals surface area contributed by atoms with E-state index in [9.17, 15) is 14.0 Å². The summed E-state index contributed by atoms with van der Waals surface area (Å²) in [6.07, 6.45) is 0. The van der Waals surface area contributed by atoms with Crippen molar-refractivity contribution in [1.82, 2.24) is 20.4 Å². The molecule has 1 aromatic carbocycles. The van der Waals surface area contributed by atoms with Crippen molar-refractivity contribution < 1.29 is 14.0 Å². The van der Waals surface area contributed by atoms with Crippen LogP contribution in [-0.2, 0) is 4.79 Å². The fraction of sp³-hybridized carbons (Fsp3) is 0.211. The summed E-state index contributed by atoms with van der Waals surface area (Å²) in [5, 5.41) is 11.6. The van der Waals surface area contributed by atoms with Gasteiger partial charge < -0.3 is 10.6 Å².